The molecule has 0 rings (SSSR count). The zero-order chi connectivity index (χ0) is 18.6. The molecule has 0 spiro atoms. The van der Waals surface area contributed by atoms with Gasteiger partial charge in [0, 0.05) is 5.38 Å². The third kappa shape index (κ3) is 21.7. The maximum Gasteiger partial charge on any atom is 0.307 e. The highest BCUT2D eigenvalue weighted by Gasteiger charge is 2.06. The van der Waals surface area contributed by atoms with Crippen molar-refractivity contribution in [2.24, 2.45) is 0 Å². The lowest BCUT2D eigenvalue weighted by Gasteiger charge is -2.06. The van der Waals surface area contributed by atoms with Crippen LogP contribution in [0.2, 0.25) is 0 Å². The first-order chi connectivity index (χ1) is 12.2. The monoisotopic (exact) mass is 374 g/mol. The van der Waals surface area contributed by atoms with E-state index in [1.165, 1.54) is 96.3 Å². The van der Waals surface area contributed by atoms with E-state index in [-0.39, 0.29) is 11.3 Å². The summed E-state index contributed by atoms with van der Waals surface area (Å²) >= 11 is 5.75. The second-order valence-electron chi connectivity index (χ2n) is 7.51. The molecule has 0 aliphatic rings. The predicted molar refractivity (Wildman–Crippen MR) is 110 cm³/mol. The van der Waals surface area contributed by atoms with Gasteiger partial charge in [-0.15, -0.1) is 11.6 Å². The first-order valence-electron chi connectivity index (χ1n) is 11.0. The molecule has 0 aliphatic carbocycles. The minimum atomic E-state index is -0.163. The minimum Gasteiger partial charge on any atom is -0.466 e. The molecule has 0 N–H and O–H groups in total. The third-order valence-corrected chi connectivity index (χ3v) is 4.86. The van der Waals surface area contributed by atoms with E-state index >= 15 is 0 Å². The number of carbonyl (C=O) groups excluding carboxylic acids is 1. The van der Waals surface area contributed by atoms with Crippen molar-refractivity contribution in [3.8, 4) is 0 Å². The van der Waals surface area contributed by atoms with Gasteiger partial charge in [0.05, 0.1) is 13.0 Å². The Balaban J connectivity index is 3.06. The second kappa shape index (κ2) is 20.1. The van der Waals surface area contributed by atoms with Gasteiger partial charge < -0.3 is 4.74 Å². The molecule has 3 heteroatoms. The molecule has 0 aromatic rings. The van der Waals surface area contributed by atoms with Crippen molar-refractivity contribution >= 4 is 17.6 Å². The number of alkyl halides is 1. The quantitative estimate of drug-likeness (QED) is 0.131. The molecular weight excluding hydrogens is 332 g/mol. The van der Waals surface area contributed by atoms with Crippen molar-refractivity contribution in [2.45, 2.75) is 128 Å². The van der Waals surface area contributed by atoms with Gasteiger partial charge in [-0.25, -0.2) is 0 Å². The topological polar surface area (TPSA) is 26.3 Å². The van der Waals surface area contributed by atoms with Gasteiger partial charge in [-0.05, 0) is 13.3 Å². The molecule has 0 aromatic heterocycles. The largest absolute Gasteiger partial charge is 0.466 e. The maximum absolute atomic E-state index is 11.3. The summed E-state index contributed by atoms with van der Waals surface area (Å²) < 4.78 is 5.15. The molecule has 0 aliphatic heterocycles. The van der Waals surface area contributed by atoms with Crippen molar-refractivity contribution in [3.05, 3.63) is 0 Å². The number of hydrogen-bond acceptors (Lipinski definition) is 2. The number of hydrogen-bond donors (Lipinski definition) is 0. The Kier molecular flexibility index (Phi) is 19.9. The highest BCUT2D eigenvalue weighted by Crippen LogP contribution is 2.13. The zero-order valence-corrected chi connectivity index (χ0v) is 17.8. The molecule has 0 amide bonds. The summed E-state index contributed by atoms with van der Waals surface area (Å²) in [6, 6.07) is 0. The lowest BCUT2D eigenvalue weighted by atomic mass is 10.0. The van der Waals surface area contributed by atoms with Crippen molar-refractivity contribution in [1.82, 2.24) is 0 Å². The van der Waals surface area contributed by atoms with E-state index in [0.717, 1.165) is 6.42 Å². The van der Waals surface area contributed by atoms with Gasteiger partial charge in [0.25, 0.3) is 0 Å². The molecule has 0 bridgehead atoms. The summed E-state index contributed by atoms with van der Waals surface area (Å²) in [6.07, 6.45) is 22.0. The second-order valence-corrected chi connectivity index (χ2v) is 8.25. The van der Waals surface area contributed by atoms with E-state index in [1.807, 2.05) is 6.92 Å². The van der Waals surface area contributed by atoms with Crippen LogP contribution in [0.3, 0.4) is 0 Å². The van der Waals surface area contributed by atoms with Crippen LogP contribution in [0.5, 0.6) is 0 Å². The molecule has 1 atom stereocenters. The SMILES string of the molecule is CCCCCCCCCCCCCCCCCCOC(=O)CC(C)Cl. The predicted octanol–water partition coefficient (Wildman–Crippen LogP) is 7.81. The van der Waals surface area contributed by atoms with Crippen LogP contribution in [-0.4, -0.2) is 18.0 Å². The molecule has 0 heterocycles. The number of unbranched alkanes of at least 4 members (excludes halogenated alkanes) is 15. The molecule has 0 saturated heterocycles. The van der Waals surface area contributed by atoms with Crippen LogP contribution >= 0.6 is 11.6 Å². The Morgan fingerprint density at radius 2 is 1.08 bits per heavy atom. The van der Waals surface area contributed by atoms with Crippen LogP contribution in [0.1, 0.15) is 123 Å². The van der Waals surface area contributed by atoms with Crippen molar-refractivity contribution in [2.75, 3.05) is 6.61 Å². The lowest BCUT2D eigenvalue weighted by Crippen LogP contribution is -2.10. The van der Waals surface area contributed by atoms with Crippen LogP contribution in [0.15, 0.2) is 0 Å². The normalized spacial score (nSPS) is 12.3. The fourth-order valence-electron chi connectivity index (χ4n) is 3.12. The van der Waals surface area contributed by atoms with Crippen LogP contribution in [0.4, 0.5) is 0 Å². The fraction of sp³-hybridized carbons (Fsp3) is 0.955. The van der Waals surface area contributed by atoms with Crippen LogP contribution in [0.25, 0.3) is 0 Å². The average Bonchev–Trinajstić information content (AvgIpc) is 2.57. The summed E-state index contributed by atoms with van der Waals surface area (Å²) in [4.78, 5) is 11.3. The van der Waals surface area contributed by atoms with Crippen LogP contribution in [-0.2, 0) is 9.53 Å². The zero-order valence-electron chi connectivity index (χ0n) is 17.0. The van der Waals surface area contributed by atoms with Crippen LogP contribution in [0, 0.1) is 0 Å². The Morgan fingerprint density at radius 1 is 0.720 bits per heavy atom. The van der Waals surface area contributed by atoms with Gasteiger partial charge in [0.15, 0.2) is 0 Å². The molecule has 25 heavy (non-hydrogen) atoms. The van der Waals surface area contributed by atoms with E-state index in [4.69, 9.17) is 16.3 Å². The van der Waals surface area contributed by atoms with E-state index in [1.54, 1.807) is 0 Å². The van der Waals surface area contributed by atoms with Gasteiger partial charge in [-0.1, -0.05) is 103 Å². The summed E-state index contributed by atoms with van der Waals surface area (Å²) in [7, 11) is 0. The molecule has 0 radical (unpaired) electrons. The smallest absolute Gasteiger partial charge is 0.307 e. The van der Waals surface area contributed by atoms with Gasteiger partial charge in [0.1, 0.15) is 0 Å². The summed E-state index contributed by atoms with van der Waals surface area (Å²) in [5.74, 6) is -0.163. The summed E-state index contributed by atoms with van der Waals surface area (Å²) in [5, 5.41) is -0.127. The number of rotatable bonds is 19. The number of esters is 1. The number of ether oxygens (including phenoxy) is 1. The standard InChI is InChI=1S/C22H43ClO2/c1-3-4-5-6-7-8-9-10-11-12-13-14-15-16-17-18-19-25-22(24)20-21(2)23/h21H,3-20H2,1-2H3. The molecule has 0 saturated carbocycles. The first kappa shape index (κ1) is 24.8. The van der Waals surface area contributed by atoms with Crippen molar-refractivity contribution < 1.29 is 9.53 Å². The third-order valence-electron chi connectivity index (χ3n) is 4.71. The van der Waals surface area contributed by atoms with Gasteiger partial charge >= 0.3 is 5.97 Å². The van der Waals surface area contributed by atoms with Crippen molar-refractivity contribution in [3.63, 3.8) is 0 Å². The number of carbonyl (C=O) groups is 1. The van der Waals surface area contributed by atoms with E-state index in [9.17, 15) is 4.79 Å². The Bertz CT molecular complexity index is 279. The molecule has 150 valence electrons. The lowest BCUT2D eigenvalue weighted by molar-refractivity contribution is -0.143. The Morgan fingerprint density at radius 3 is 1.44 bits per heavy atom. The molecular formula is C22H43ClO2. The van der Waals surface area contributed by atoms with Gasteiger partial charge in [-0.3, -0.25) is 4.79 Å². The van der Waals surface area contributed by atoms with Crippen LogP contribution < -0.4 is 0 Å². The molecule has 1 unspecified atom stereocenters. The number of halogens is 1. The molecule has 0 fully saturated rings. The van der Waals surface area contributed by atoms with Crippen molar-refractivity contribution in [1.29, 1.82) is 0 Å². The van der Waals surface area contributed by atoms with Gasteiger partial charge in [-0.2, -0.15) is 0 Å². The van der Waals surface area contributed by atoms with E-state index < -0.39 is 0 Å². The Hall–Kier alpha value is -0.240. The summed E-state index contributed by atoms with van der Waals surface area (Å²) in [6.45, 7) is 4.65. The Labute approximate surface area is 162 Å². The van der Waals surface area contributed by atoms with Gasteiger partial charge in [0.2, 0.25) is 0 Å². The molecule has 2 nitrogen and oxygen atoms in total. The minimum absolute atomic E-state index is 0.127. The van der Waals surface area contributed by atoms with E-state index in [2.05, 4.69) is 6.92 Å². The highest BCUT2D eigenvalue weighted by molar-refractivity contribution is 6.21. The highest BCUT2D eigenvalue weighted by atomic mass is 35.5. The fourth-order valence-corrected chi connectivity index (χ4v) is 3.25. The molecule has 0 aromatic carbocycles. The maximum atomic E-state index is 11.3. The summed E-state index contributed by atoms with van der Waals surface area (Å²) in [5.41, 5.74) is 0. The average molecular weight is 375 g/mol. The first-order valence-corrected chi connectivity index (χ1v) is 11.4. The van der Waals surface area contributed by atoms with E-state index in [0.29, 0.717) is 13.0 Å².